The van der Waals surface area contributed by atoms with Crippen LogP contribution in [0, 0.1) is 0 Å². The van der Waals surface area contributed by atoms with Crippen LogP contribution in [0.1, 0.15) is 17.2 Å². The van der Waals surface area contributed by atoms with Crippen molar-refractivity contribution < 1.29 is 14.3 Å². The fourth-order valence-electron chi connectivity index (χ4n) is 3.47. The van der Waals surface area contributed by atoms with E-state index in [1.165, 1.54) is 0 Å². The first-order chi connectivity index (χ1) is 14.1. The Morgan fingerprint density at radius 2 is 1.55 bits per heavy atom. The molecule has 29 heavy (non-hydrogen) atoms. The molecule has 4 rings (SSSR count). The highest BCUT2D eigenvalue weighted by molar-refractivity contribution is 6.51. The molecule has 1 unspecified atom stereocenters. The van der Waals surface area contributed by atoms with E-state index in [2.05, 4.69) is 0 Å². The van der Waals surface area contributed by atoms with Gasteiger partial charge in [-0.2, -0.15) is 0 Å². The van der Waals surface area contributed by atoms with Crippen molar-refractivity contribution in [3.63, 3.8) is 0 Å². The molecule has 4 nitrogen and oxygen atoms in total. The minimum atomic E-state index is -0.544. The standard InChI is InChI=1S/C24H18ClNO3/c1-29-20-13-9-17(10-14-20)22-21(15-16-7-11-18(25)12-8-16)23(27)24(28)26(22)19-5-3-2-4-6-19/h2-15,22H,1H3/b21-15+. The van der Waals surface area contributed by atoms with Crippen molar-refractivity contribution in [3.8, 4) is 5.75 Å². The Balaban J connectivity index is 1.86. The van der Waals surface area contributed by atoms with Crippen LogP contribution >= 0.6 is 11.6 Å². The lowest BCUT2D eigenvalue weighted by atomic mass is 9.96. The number of nitrogens with zero attached hydrogens (tertiary/aromatic N) is 1. The van der Waals surface area contributed by atoms with Crippen molar-refractivity contribution in [1.29, 1.82) is 0 Å². The number of hydrogen-bond acceptors (Lipinski definition) is 3. The molecule has 3 aromatic rings. The fraction of sp³-hybridized carbons (Fsp3) is 0.0833. The average molecular weight is 404 g/mol. The van der Waals surface area contributed by atoms with E-state index in [0.29, 0.717) is 22.0 Å². The Morgan fingerprint density at radius 1 is 0.897 bits per heavy atom. The van der Waals surface area contributed by atoms with Gasteiger partial charge in [0, 0.05) is 16.3 Å². The van der Waals surface area contributed by atoms with E-state index in [9.17, 15) is 9.59 Å². The minimum Gasteiger partial charge on any atom is -0.497 e. The number of Topliss-reactive ketones (excluding diaryl/α,β-unsaturated/α-hetero) is 1. The molecule has 1 saturated heterocycles. The van der Waals surface area contributed by atoms with Crippen LogP contribution in [0.15, 0.2) is 84.4 Å². The predicted octanol–water partition coefficient (Wildman–Crippen LogP) is 5.09. The summed E-state index contributed by atoms with van der Waals surface area (Å²) >= 11 is 5.97. The zero-order valence-electron chi connectivity index (χ0n) is 15.7. The quantitative estimate of drug-likeness (QED) is 0.450. The average Bonchev–Trinajstić information content (AvgIpc) is 3.01. The summed E-state index contributed by atoms with van der Waals surface area (Å²) in [4.78, 5) is 27.5. The van der Waals surface area contributed by atoms with Crippen LogP contribution in [0.2, 0.25) is 5.02 Å². The summed E-state index contributed by atoms with van der Waals surface area (Å²) in [6.45, 7) is 0. The van der Waals surface area contributed by atoms with Gasteiger partial charge < -0.3 is 4.74 Å². The molecule has 0 spiro atoms. The molecular weight excluding hydrogens is 386 g/mol. The first-order valence-electron chi connectivity index (χ1n) is 9.12. The second kappa shape index (κ2) is 7.94. The maximum absolute atomic E-state index is 13.0. The summed E-state index contributed by atoms with van der Waals surface area (Å²) < 4.78 is 5.24. The molecular formula is C24H18ClNO3. The third-order valence-electron chi connectivity index (χ3n) is 4.89. The number of carbonyl (C=O) groups is 2. The Morgan fingerprint density at radius 3 is 2.17 bits per heavy atom. The van der Waals surface area contributed by atoms with Gasteiger partial charge in [0.25, 0.3) is 5.91 Å². The molecule has 1 atom stereocenters. The first-order valence-corrected chi connectivity index (χ1v) is 9.50. The Kier molecular flexibility index (Phi) is 5.19. The molecule has 0 aliphatic carbocycles. The molecule has 1 aliphatic heterocycles. The number of benzene rings is 3. The number of methoxy groups -OCH3 is 1. The summed E-state index contributed by atoms with van der Waals surface area (Å²) in [6, 6.07) is 23.3. The van der Waals surface area contributed by atoms with Crippen molar-refractivity contribution in [2.45, 2.75) is 6.04 Å². The zero-order valence-corrected chi connectivity index (χ0v) is 16.5. The normalized spacial score (nSPS) is 17.8. The van der Waals surface area contributed by atoms with Crippen molar-refractivity contribution in [2.75, 3.05) is 12.0 Å². The van der Waals surface area contributed by atoms with Crippen molar-refractivity contribution in [3.05, 3.63) is 101 Å². The van der Waals surface area contributed by atoms with Gasteiger partial charge in [-0.25, -0.2) is 0 Å². The van der Waals surface area contributed by atoms with E-state index in [0.717, 1.165) is 11.1 Å². The van der Waals surface area contributed by atoms with Crippen molar-refractivity contribution in [2.24, 2.45) is 0 Å². The van der Waals surface area contributed by atoms with Crippen LogP contribution in [-0.2, 0) is 9.59 Å². The van der Waals surface area contributed by atoms with Gasteiger partial charge in [0.05, 0.1) is 13.2 Å². The molecule has 0 bridgehead atoms. The van der Waals surface area contributed by atoms with E-state index < -0.39 is 17.7 Å². The number of amides is 1. The highest BCUT2D eigenvalue weighted by atomic mass is 35.5. The van der Waals surface area contributed by atoms with E-state index in [1.807, 2.05) is 66.7 Å². The minimum absolute atomic E-state index is 0.423. The van der Waals surface area contributed by atoms with Gasteiger partial charge in [-0.05, 0) is 53.6 Å². The van der Waals surface area contributed by atoms with Crippen LogP contribution in [0.5, 0.6) is 5.75 Å². The number of anilines is 1. The number of ketones is 1. The molecule has 0 saturated carbocycles. The molecule has 1 amide bonds. The predicted molar refractivity (Wildman–Crippen MR) is 114 cm³/mol. The number of carbonyl (C=O) groups excluding carboxylic acids is 2. The van der Waals surface area contributed by atoms with Crippen LogP contribution < -0.4 is 9.64 Å². The van der Waals surface area contributed by atoms with Crippen LogP contribution in [0.3, 0.4) is 0 Å². The maximum Gasteiger partial charge on any atom is 0.299 e. The third-order valence-corrected chi connectivity index (χ3v) is 5.14. The number of rotatable bonds is 4. The lowest BCUT2D eigenvalue weighted by Gasteiger charge is -2.25. The molecule has 1 fully saturated rings. The highest BCUT2D eigenvalue weighted by Gasteiger charge is 2.44. The van der Waals surface area contributed by atoms with E-state index in [4.69, 9.17) is 16.3 Å². The monoisotopic (exact) mass is 403 g/mol. The lowest BCUT2D eigenvalue weighted by Crippen LogP contribution is -2.29. The number of hydrogen-bond donors (Lipinski definition) is 0. The fourth-order valence-corrected chi connectivity index (χ4v) is 3.59. The summed E-state index contributed by atoms with van der Waals surface area (Å²) in [5.41, 5.74) is 2.73. The van der Waals surface area contributed by atoms with E-state index in [-0.39, 0.29) is 0 Å². The number of halogens is 1. The molecule has 0 radical (unpaired) electrons. The second-order valence-corrected chi connectivity index (χ2v) is 7.10. The lowest BCUT2D eigenvalue weighted by molar-refractivity contribution is -0.132. The van der Waals surface area contributed by atoms with Crippen molar-refractivity contribution >= 4 is 35.1 Å². The summed E-state index contributed by atoms with van der Waals surface area (Å²) in [7, 11) is 1.60. The highest BCUT2D eigenvalue weighted by Crippen LogP contribution is 2.40. The summed E-state index contributed by atoms with van der Waals surface area (Å²) in [6.07, 6.45) is 1.76. The molecule has 3 aromatic carbocycles. The van der Waals surface area contributed by atoms with Gasteiger partial charge in [-0.1, -0.05) is 54.1 Å². The summed E-state index contributed by atoms with van der Waals surface area (Å²) in [5, 5.41) is 0.610. The van der Waals surface area contributed by atoms with Gasteiger partial charge in [-0.15, -0.1) is 0 Å². The number of para-hydroxylation sites is 1. The first kappa shape index (κ1) is 19.0. The van der Waals surface area contributed by atoms with Gasteiger partial charge in [-0.3, -0.25) is 14.5 Å². The zero-order chi connectivity index (χ0) is 20.4. The Bertz CT molecular complexity index is 1070. The van der Waals surface area contributed by atoms with E-state index >= 15 is 0 Å². The van der Waals surface area contributed by atoms with Crippen molar-refractivity contribution in [1.82, 2.24) is 0 Å². The van der Waals surface area contributed by atoms with E-state index in [1.54, 1.807) is 30.2 Å². The third kappa shape index (κ3) is 3.67. The van der Waals surface area contributed by atoms with Gasteiger partial charge in [0.15, 0.2) is 0 Å². The SMILES string of the molecule is COc1ccc(C2/C(=C\c3ccc(Cl)cc3)C(=O)C(=O)N2c2ccccc2)cc1. The van der Waals surface area contributed by atoms with Crippen LogP contribution in [-0.4, -0.2) is 18.8 Å². The molecule has 5 heteroatoms. The smallest absolute Gasteiger partial charge is 0.299 e. The molecule has 0 aromatic heterocycles. The topological polar surface area (TPSA) is 46.6 Å². The summed E-state index contributed by atoms with van der Waals surface area (Å²) in [5.74, 6) is -0.347. The van der Waals surface area contributed by atoms with Gasteiger partial charge in [0.2, 0.25) is 5.78 Å². The molecule has 1 heterocycles. The Labute approximate surface area is 174 Å². The van der Waals surface area contributed by atoms with Gasteiger partial charge in [0.1, 0.15) is 5.75 Å². The molecule has 0 N–H and O–H groups in total. The number of ether oxygens (including phenoxy) is 1. The van der Waals surface area contributed by atoms with Crippen LogP contribution in [0.4, 0.5) is 5.69 Å². The second-order valence-electron chi connectivity index (χ2n) is 6.67. The molecule has 1 aliphatic rings. The Hall–Kier alpha value is -3.37. The maximum atomic E-state index is 13.0. The van der Waals surface area contributed by atoms with Crippen LogP contribution in [0.25, 0.3) is 6.08 Å². The van der Waals surface area contributed by atoms with Gasteiger partial charge >= 0.3 is 0 Å². The largest absolute Gasteiger partial charge is 0.497 e. The molecule has 144 valence electrons.